The highest BCUT2D eigenvalue weighted by molar-refractivity contribution is 5.86. The van der Waals surface area contributed by atoms with Crippen LogP contribution < -0.4 is 4.74 Å². The minimum atomic E-state index is -0.222. The standard InChI is InChI=1S/C19H19NO2/c21-14-6-8-18-16(10-14)17-11-15(7-9-19(17)20-18)22-12-13-4-2-1-3-5-13/h1-5,7,9,11,14,20-21H,6,8,10,12H2. The molecule has 0 saturated carbocycles. The number of aromatic amines is 1. The second-order valence-electron chi connectivity index (χ2n) is 5.96. The van der Waals surface area contributed by atoms with Gasteiger partial charge in [0.05, 0.1) is 6.10 Å². The molecule has 0 amide bonds. The largest absolute Gasteiger partial charge is 0.489 e. The Hall–Kier alpha value is -2.26. The Bertz CT molecular complexity index is 792. The van der Waals surface area contributed by atoms with Gasteiger partial charge in [0.1, 0.15) is 12.4 Å². The van der Waals surface area contributed by atoms with Crippen LogP contribution in [0.5, 0.6) is 5.75 Å². The van der Waals surface area contributed by atoms with Crippen molar-refractivity contribution in [2.45, 2.75) is 32.0 Å². The number of rotatable bonds is 3. The predicted molar refractivity (Wildman–Crippen MR) is 87.1 cm³/mol. The molecular formula is C19H19NO2. The summed E-state index contributed by atoms with van der Waals surface area (Å²) in [6, 6.07) is 16.3. The van der Waals surface area contributed by atoms with Crippen LogP contribution in [0.1, 0.15) is 23.2 Å². The lowest BCUT2D eigenvalue weighted by atomic mass is 9.93. The van der Waals surface area contributed by atoms with E-state index in [9.17, 15) is 5.11 Å². The zero-order valence-corrected chi connectivity index (χ0v) is 12.4. The van der Waals surface area contributed by atoms with Crippen LogP contribution >= 0.6 is 0 Å². The highest BCUT2D eigenvalue weighted by Crippen LogP contribution is 2.31. The molecule has 2 N–H and O–H groups in total. The third kappa shape index (κ3) is 2.48. The first-order valence-corrected chi connectivity index (χ1v) is 7.78. The van der Waals surface area contributed by atoms with Gasteiger partial charge in [-0.2, -0.15) is 0 Å². The smallest absolute Gasteiger partial charge is 0.120 e. The minimum Gasteiger partial charge on any atom is -0.489 e. The van der Waals surface area contributed by atoms with Crippen LogP contribution in [0.2, 0.25) is 0 Å². The molecule has 1 aliphatic rings. The number of aromatic nitrogens is 1. The first-order valence-electron chi connectivity index (χ1n) is 7.78. The maximum absolute atomic E-state index is 9.91. The van der Waals surface area contributed by atoms with Gasteiger partial charge in [0.2, 0.25) is 0 Å². The number of ether oxygens (including phenoxy) is 1. The molecule has 1 aliphatic carbocycles. The van der Waals surface area contributed by atoms with E-state index < -0.39 is 0 Å². The summed E-state index contributed by atoms with van der Waals surface area (Å²) in [7, 11) is 0. The quantitative estimate of drug-likeness (QED) is 0.775. The van der Waals surface area contributed by atoms with Gasteiger partial charge in [-0.05, 0) is 42.2 Å². The molecule has 0 fully saturated rings. The number of hydrogen-bond acceptors (Lipinski definition) is 2. The van der Waals surface area contributed by atoms with Gasteiger partial charge in [0, 0.05) is 23.0 Å². The zero-order valence-electron chi connectivity index (χ0n) is 12.4. The maximum atomic E-state index is 9.91. The summed E-state index contributed by atoms with van der Waals surface area (Å²) < 4.78 is 5.91. The van der Waals surface area contributed by atoms with E-state index >= 15 is 0 Å². The van der Waals surface area contributed by atoms with Crippen LogP contribution in [0, 0.1) is 0 Å². The van der Waals surface area contributed by atoms with Crippen LogP contribution in [0.25, 0.3) is 10.9 Å². The van der Waals surface area contributed by atoms with Crippen LogP contribution in [0.4, 0.5) is 0 Å². The Kier molecular flexibility index (Phi) is 3.35. The molecule has 112 valence electrons. The van der Waals surface area contributed by atoms with Crippen molar-refractivity contribution in [2.75, 3.05) is 0 Å². The first kappa shape index (κ1) is 13.4. The molecule has 0 aliphatic heterocycles. The lowest BCUT2D eigenvalue weighted by molar-refractivity contribution is 0.158. The van der Waals surface area contributed by atoms with Crippen molar-refractivity contribution in [2.24, 2.45) is 0 Å². The summed E-state index contributed by atoms with van der Waals surface area (Å²) >= 11 is 0. The summed E-state index contributed by atoms with van der Waals surface area (Å²) in [6.45, 7) is 0.571. The van der Waals surface area contributed by atoms with Gasteiger partial charge in [-0.1, -0.05) is 30.3 Å². The molecule has 0 saturated heterocycles. The summed E-state index contributed by atoms with van der Waals surface area (Å²) in [5.41, 5.74) is 4.81. The van der Waals surface area contributed by atoms with Gasteiger partial charge in [-0.3, -0.25) is 0 Å². The molecule has 3 heteroatoms. The van der Waals surface area contributed by atoms with Gasteiger partial charge in [-0.25, -0.2) is 0 Å². The van der Waals surface area contributed by atoms with E-state index in [0.717, 1.165) is 36.1 Å². The number of H-pyrrole nitrogens is 1. The number of benzene rings is 2. The van der Waals surface area contributed by atoms with Crippen molar-refractivity contribution in [3.8, 4) is 5.75 Å². The summed E-state index contributed by atoms with van der Waals surface area (Å²) in [5.74, 6) is 0.873. The van der Waals surface area contributed by atoms with Crippen LogP contribution in [-0.4, -0.2) is 16.2 Å². The lowest BCUT2D eigenvalue weighted by Crippen LogP contribution is -2.17. The summed E-state index contributed by atoms with van der Waals surface area (Å²) in [6.07, 6.45) is 2.28. The second-order valence-corrected chi connectivity index (χ2v) is 5.96. The van der Waals surface area contributed by atoms with E-state index in [0.29, 0.717) is 6.61 Å². The fourth-order valence-electron chi connectivity index (χ4n) is 3.21. The zero-order chi connectivity index (χ0) is 14.9. The van der Waals surface area contributed by atoms with E-state index in [2.05, 4.69) is 29.2 Å². The monoisotopic (exact) mass is 293 g/mol. The highest BCUT2D eigenvalue weighted by atomic mass is 16.5. The Morgan fingerprint density at radius 2 is 2.00 bits per heavy atom. The van der Waals surface area contributed by atoms with Crippen molar-refractivity contribution in [1.29, 1.82) is 0 Å². The Morgan fingerprint density at radius 3 is 2.86 bits per heavy atom. The van der Waals surface area contributed by atoms with E-state index in [1.165, 1.54) is 16.6 Å². The molecule has 0 radical (unpaired) electrons. The van der Waals surface area contributed by atoms with Gasteiger partial charge in [0.15, 0.2) is 0 Å². The SMILES string of the molecule is OC1CCc2[nH]c3ccc(OCc4ccccc4)cc3c2C1. The van der Waals surface area contributed by atoms with E-state index in [1.54, 1.807) is 0 Å². The average Bonchev–Trinajstić information content (AvgIpc) is 2.91. The molecule has 3 aromatic rings. The number of fused-ring (bicyclic) bond motifs is 3. The van der Waals surface area contributed by atoms with Gasteiger partial charge < -0.3 is 14.8 Å². The van der Waals surface area contributed by atoms with Crippen molar-refractivity contribution in [3.05, 3.63) is 65.4 Å². The number of hydrogen-bond donors (Lipinski definition) is 2. The molecule has 1 unspecified atom stereocenters. The third-order valence-electron chi connectivity index (χ3n) is 4.38. The highest BCUT2D eigenvalue weighted by Gasteiger charge is 2.21. The van der Waals surface area contributed by atoms with Crippen molar-refractivity contribution >= 4 is 10.9 Å². The van der Waals surface area contributed by atoms with E-state index in [-0.39, 0.29) is 6.10 Å². The van der Waals surface area contributed by atoms with Gasteiger partial charge in [-0.15, -0.1) is 0 Å². The van der Waals surface area contributed by atoms with Crippen molar-refractivity contribution in [3.63, 3.8) is 0 Å². The minimum absolute atomic E-state index is 0.222. The molecule has 1 heterocycles. The molecule has 0 bridgehead atoms. The van der Waals surface area contributed by atoms with Crippen molar-refractivity contribution in [1.82, 2.24) is 4.98 Å². The molecular weight excluding hydrogens is 274 g/mol. The summed E-state index contributed by atoms with van der Waals surface area (Å²) in [5, 5.41) is 11.1. The van der Waals surface area contributed by atoms with Gasteiger partial charge in [0.25, 0.3) is 0 Å². The average molecular weight is 293 g/mol. The van der Waals surface area contributed by atoms with Crippen LogP contribution in [0.15, 0.2) is 48.5 Å². The van der Waals surface area contributed by atoms with E-state index in [4.69, 9.17) is 4.74 Å². The van der Waals surface area contributed by atoms with Crippen LogP contribution in [-0.2, 0) is 19.4 Å². The molecule has 3 nitrogen and oxygen atoms in total. The fourth-order valence-corrected chi connectivity index (χ4v) is 3.21. The normalized spacial score (nSPS) is 17.4. The predicted octanol–water partition coefficient (Wildman–Crippen LogP) is 3.60. The molecule has 1 aromatic heterocycles. The number of aliphatic hydroxyl groups is 1. The Morgan fingerprint density at radius 1 is 1.14 bits per heavy atom. The fraction of sp³-hybridized carbons (Fsp3) is 0.263. The Labute approximate surface area is 129 Å². The third-order valence-corrected chi connectivity index (χ3v) is 4.38. The molecule has 2 aromatic carbocycles. The molecule has 0 spiro atoms. The number of aliphatic hydroxyl groups excluding tert-OH is 1. The molecule has 1 atom stereocenters. The summed E-state index contributed by atoms with van der Waals surface area (Å²) in [4.78, 5) is 3.47. The first-order chi connectivity index (χ1) is 10.8. The second kappa shape index (κ2) is 5.50. The number of aryl methyl sites for hydroxylation is 1. The van der Waals surface area contributed by atoms with Gasteiger partial charge >= 0.3 is 0 Å². The Balaban J connectivity index is 1.61. The maximum Gasteiger partial charge on any atom is 0.120 e. The molecule has 22 heavy (non-hydrogen) atoms. The van der Waals surface area contributed by atoms with E-state index in [1.807, 2.05) is 24.3 Å². The van der Waals surface area contributed by atoms with Crippen molar-refractivity contribution < 1.29 is 9.84 Å². The van der Waals surface area contributed by atoms with Crippen LogP contribution in [0.3, 0.4) is 0 Å². The molecule has 4 rings (SSSR count). The topological polar surface area (TPSA) is 45.2 Å². The number of nitrogens with one attached hydrogen (secondary N) is 1. The lowest BCUT2D eigenvalue weighted by Gasteiger charge is -2.17.